The molecule has 3 N–H and O–H groups in total. The highest BCUT2D eigenvalue weighted by molar-refractivity contribution is 7.89. The number of ether oxygens (including phenoxy) is 7. The van der Waals surface area contributed by atoms with Gasteiger partial charge in [-0.05, 0) is 182 Å². The van der Waals surface area contributed by atoms with Crippen LogP contribution in [-0.2, 0) is 100 Å². The molecule has 0 aromatic heterocycles. The van der Waals surface area contributed by atoms with Gasteiger partial charge in [0.1, 0.15) is 5.78 Å². The molecule has 3 amide bonds. The van der Waals surface area contributed by atoms with Crippen LogP contribution in [0.15, 0.2) is 0 Å². The first kappa shape index (κ1) is 84.4. The summed E-state index contributed by atoms with van der Waals surface area (Å²) in [5, 5.41) is -9.82. The number of methoxy groups -OCH3 is 1. The van der Waals surface area contributed by atoms with Gasteiger partial charge in [0.2, 0.25) is 0 Å². The van der Waals surface area contributed by atoms with Crippen molar-refractivity contribution in [2.45, 2.75) is 251 Å². The number of hydrogen-bond donors (Lipinski definition) is 3. The van der Waals surface area contributed by atoms with Gasteiger partial charge in [-0.25, -0.2) is 0 Å². The van der Waals surface area contributed by atoms with Crippen LogP contribution >= 0.6 is 0 Å². The Morgan fingerprint density at radius 2 is 0.783 bits per heavy atom. The highest BCUT2D eigenvalue weighted by Crippen LogP contribution is 2.65. The molecule has 12 aliphatic carbocycles. The van der Waals surface area contributed by atoms with Gasteiger partial charge in [-0.1, -0.05) is 13.8 Å². The van der Waals surface area contributed by atoms with Crippen molar-refractivity contribution >= 4 is 59.8 Å². The van der Waals surface area contributed by atoms with Crippen molar-refractivity contribution in [2.75, 3.05) is 46.8 Å². The van der Waals surface area contributed by atoms with Gasteiger partial charge in [-0.3, -0.25) is 36.5 Å². The van der Waals surface area contributed by atoms with Crippen LogP contribution in [0, 0.1) is 69.5 Å². The van der Waals surface area contributed by atoms with Crippen molar-refractivity contribution in [3.63, 3.8) is 0 Å². The zero-order valence-electron chi connectivity index (χ0n) is 58.5. The van der Waals surface area contributed by atoms with Crippen LogP contribution in [0.1, 0.15) is 163 Å². The second-order valence-corrected chi connectivity index (χ2v) is 36.9. The minimum absolute atomic E-state index is 0.0125. The molecule has 3 heterocycles. The van der Waals surface area contributed by atoms with Crippen molar-refractivity contribution in [3.05, 3.63) is 0 Å². The van der Waals surface area contributed by atoms with Gasteiger partial charge in [0.15, 0.2) is 35.7 Å². The molecular formula is C64H88F15N3O21S3. The first-order chi connectivity index (χ1) is 48.5. The second-order valence-electron chi connectivity index (χ2n) is 32.1. The smallest absolute Gasteiger partial charge is 0.446 e. The lowest BCUT2D eigenvalue weighted by Gasteiger charge is -2.63. The predicted octanol–water partition coefficient (Wildman–Crippen LogP) is 9.52. The van der Waals surface area contributed by atoms with E-state index in [1.807, 2.05) is 10.6 Å². The van der Waals surface area contributed by atoms with Crippen LogP contribution < -0.4 is 16.0 Å². The zero-order chi connectivity index (χ0) is 78.6. The Bertz CT molecular complexity index is 3580. The molecule has 0 aromatic carbocycles. The molecule has 106 heavy (non-hydrogen) atoms. The highest BCUT2D eigenvalue weighted by Gasteiger charge is 2.68. The molecule has 0 spiro atoms. The fourth-order valence-corrected chi connectivity index (χ4v) is 22.3. The quantitative estimate of drug-likeness (QED) is 0.0516. The van der Waals surface area contributed by atoms with Crippen molar-refractivity contribution in [2.24, 2.45) is 69.5 Å². The molecule has 15 fully saturated rings. The lowest BCUT2D eigenvalue weighted by atomic mass is 9.44. The summed E-state index contributed by atoms with van der Waals surface area (Å²) < 4.78 is 332. The largest absolute Gasteiger partial charge is 0.469 e. The summed E-state index contributed by atoms with van der Waals surface area (Å²) in [6, 6.07) is -2.80. The van der Waals surface area contributed by atoms with Gasteiger partial charge in [0.25, 0.3) is 0 Å². The number of carbonyl (C=O) groups is 5. The van der Waals surface area contributed by atoms with E-state index in [0.29, 0.717) is 77.0 Å². The zero-order valence-corrected chi connectivity index (χ0v) is 61.0. The topological polar surface area (TPSA) is 316 Å². The first-order valence-corrected chi connectivity index (χ1v) is 39.3. The van der Waals surface area contributed by atoms with Crippen LogP contribution in [0.2, 0.25) is 0 Å². The van der Waals surface area contributed by atoms with Gasteiger partial charge in [-0.2, -0.15) is 91.1 Å². The van der Waals surface area contributed by atoms with Gasteiger partial charge < -0.3 is 49.1 Å². The normalized spacial score (nSPS) is 35.3. The molecule has 15 rings (SSSR count). The van der Waals surface area contributed by atoms with E-state index in [2.05, 4.69) is 31.7 Å². The molecule has 11 unspecified atom stereocenters. The van der Waals surface area contributed by atoms with Gasteiger partial charge in [-0.15, -0.1) is 0 Å². The Morgan fingerprint density at radius 3 is 1.13 bits per heavy atom. The average Bonchev–Trinajstić information content (AvgIpc) is 0.722. The molecule has 12 saturated carbocycles. The second kappa shape index (κ2) is 29.5. The Labute approximate surface area is 601 Å². The fourth-order valence-electron chi connectivity index (χ4n) is 19.6. The summed E-state index contributed by atoms with van der Waals surface area (Å²) in [4.78, 5) is 62.6. The van der Waals surface area contributed by atoms with E-state index >= 15 is 0 Å². The summed E-state index contributed by atoms with van der Waals surface area (Å²) >= 11 is 0. The van der Waals surface area contributed by atoms with E-state index in [4.69, 9.17) is 33.2 Å². The molecular weight excluding hydrogens is 1530 g/mol. The molecule has 12 bridgehead atoms. The fraction of sp³-hybridized carbons (Fsp3) is 0.922. The standard InChI is InChI=1S/C22H30F5NO8S.C22H32F5NO6S.C20H26F5NO7S/c1-19(34-4-3-5-35-19)11-15(21(23,24)25)36-37(31,32)22(26,27)17(29)28-16-14-7-12-6-13(8-14)10-20(16,9-12)18(30)33-2;1-18-7-13-9-19(2,12-18)10-14(8-18)16(13)28-17(29)22(26,27)35(30,31)34-15(21(23,24)25)11-20(3)32-5-4-6-33-20;1-18(31-3-2-4-32-18)9-14(19(21,22)23)33-34(29,30)20(24,25)17(28)26-15-11-5-10-6-12(8-11)16(27)13(15)7-10/h12-16H,3-11H2,1-2H3,(H,28,29);13-16H,4-12H2,1-3H3,(H,28,29);10-15H,2-9H2,1H3,(H,26,28). The summed E-state index contributed by atoms with van der Waals surface area (Å²) in [6.45, 7) is 7.78. The average molecular weight is 1620 g/mol. The van der Waals surface area contributed by atoms with Crippen molar-refractivity contribution in [1.82, 2.24) is 16.0 Å². The SMILES string of the molecule is CC1(CC(OS(=O)(=O)C(F)(F)C(=O)NC2C3CC4CC(C3)C(=O)C2C4)C(F)(F)F)OCCCO1.CC12CC3CC(C)(CC(C1)C3NC(=O)C(F)(F)S(=O)(=O)OC(CC1(C)OCCCO1)C(F)(F)F)C2.COC(=O)C12CC3CC(CC(C3)C1NC(=O)C(F)(F)S(=O)(=O)OC(CC1(C)OCCCO1)C(F)(F)F)C2. The molecule has 0 aromatic rings. The van der Waals surface area contributed by atoms with Crippen molar-refractivity contribution < 1.29 is 161 Å². The van der Waals surface area contributed by atoms with Gasteiger partial charge in [0, 0.05) is 49.2 Å². The lowest BCUT2D eigenvalue weighted by molar-refractivity contribution is -0.288. The third-order valence-corrected chi connectivity index (χ3v) is 27.2. The van der Waals surface area contributed by atoms with Crippen LogP contribution in [0.25, 0.3) is 0 Å². The summed E-state index contributed by atoms with van der Waals surface area (Å²) in [6.07, 6.45) is -19.8. The van der Waals surface area contributed by atoms with E-state index in [-0.39, 0.29) is 116 Å². The van der Waals surface area contributed by atoms with Crippen LogP contribution in [0.3, 0.4) is 0 Å². The number of nitrogens with one attached hydrogen (secondary N) is 3. The Morgan fingerprint density at radius 1 is 0.443 bits per heavy atom. The highest BCUT2D eigenvalue weighted by atomic mass is 32.2. The number of amides is 3. The summed E-state index contributed by atoms with van der Waals surface area (Å²) in [5.74, 6) is -14.6. The number of hydrogen-bond acceptors (Lipinski definition) is 21. The maximum absolute atomic E-state index is 15.0. The number of ketones is 1. The number of rotatable bonds is 22. The Hall–Kier alpha value is -4.01. The third kappa shape index (κ3) is 17.4. The van der Waals surface area contributed by atoms with E-state index < -0.39 is 173 Å². The van der Waals surface area contributed by atoms with E-state index in [9.17, 15) is 115 Å². The minimum Gasteiger partial charge on any atom is -0.469 e. The molecule has 11 atom stereocenters. The van der Waals surface area contributed by atoms with Crippen LogP contribution in [0.5, 0.6) is 0 Å². The molecule has 3 aliphatic heterocycles. The van der Waals surface area contributed by atoms with Gasteiger partial charge in [0.05, 0.1) is 52.2 Å². The molecule has 608 valence electrons. The van der Waals surface area contributed by atoms with Crippen LogP contribution in [0.4, 0.5) is 65.9 Å². The number of alkyl halides is 15. The number of Topliss-reactive ketones (excluding diaryl/α,β-unsaturated/α-hetero) is 1. The number of carbonyl (C=O) groups excluding carboxylic acids is 5. The lowest BCUT2D eigenvalue weighted by Crippen LogP contribution is -2.67. The minimum atomic E-state index is -6.43. The molecule has 3 saturated heterocycles. The number of halogens is 15. The summed E-state index contributed by atoms with van der Waals surface area (Å²) in [7, 11) is -18.0. The first-order valence-electron chi connectivity index (χ1n) is 35.0. The third-order valence-electron chi connectivity index (χ3n) is 23.3. The molecule has 15 aliphatic rings. The molecule has 0 radical (unpaired) electrons. The maximum atomic E-state index is 15.0. The number of esters is 1. The van der Waals surface area contributed by atoms with E-state index in [1.54, 1.807) is 0 Å². The van der Waals surface area contributed by atoms with Gasteiger partial charge >= 0.3 is 88.3 Å². The Balaban J connectivity index is 0.000000170. The predicted molar refractivity (Wildman–Crippen MR) is 331 cm³/mol. The maximum Gasteiger partial charge on any atom is 0.446 e. The van der Waals surface area contributed by atoms with E-state index in [0.717, 1.165) is 47.1 Å². The molecule has 42 heteroatoms. The van der Waals surface area contributed by atoms with Crippen molar-refractivity contribution in [3.8, 4) is 0 Å². The van der Waals surface area contributed by atoms with E-state index in [1.165, 1.54) is 0 Å². The van der Waals surface area contributed by atoms with Crippen molar-refractivity contribution in [1.29, 1.82) is 0 Å². The molecule has 24 nitrogen and oxygen atoms in total. The van der Waals surface area contributed by atoms with Crippen LogP contribution in [-0.4, -0.2) is 190 Å². The monoisotopic (exact) mass is 1620 g/mol. The Kier molecular flexibility index (Phi) is 23.5. The summed E-state index contributed by atoms with van der Waals surface area (Å²) in [5.41, 5.74) is -1.23.